The van der Waals surface area contributed by atoms with E-state index in [0.717, 1.165) is 33.9 Å². The zero-order valence-corrected chi connectivity index (χ0v) is 24.5. The van der Waals surface area contributed by atoms with Crippen molar-refractivity contribution < 1.29 is 4.42 Å². The van der Waals surface area contributed by atoms with Crippen LogP contribution in [-0.2, 0) is 0 Å². The van der Waals surface area contributed by atoms with Crippen LogP contribution < -0.4 is 0 Å². The number of hydrogen-bond acceptors (Lipinski definition) is 1. The standard InChI is InChI=1S/C43H30O/c1-27-24-25-31(32-15-3-2-14-30(27)32)28-12-10-13-29(26-28)41-34-17-4-6-19-36(34)42(37-20-7-5-18-35(37)41)39-22-11-21-38-33-16-8-9-23-40(33)44-43(38)39/h2-23,25-27H,24H2,1H3. The Morgan fingerprint density at radius 1 is 0.500 bits per heavy atom. The maximum Gasteiger partial charge on any atom is 0.143 e. The Morgan fingerprint density at radius 3 is 1.84 bits per heavy atom. The molecule has 0 N–H and O–H groups in total. The SMILES string of the molecule is CC1CC=C(c2cccc(-c3c4ccccc4c(-c4cccc5c4oc4ccccc45)c4ccccc34)c2)c2ccccc21. The monoisotopic (exact) mass is 562 g/mol. The van der Waals surface area contributed by atoms with Crippen molar-refractivity contribution in [2.24, 2.45) is 0 Å². The molecular weight excluding hydrogens is 532 g/mol. The van der Waals surface area contributed by atoms with Gasteiger partial charge in [-0.15, -0.1) is 0 Å². The summed E-state index contributed by atoms with van der Waals surface area (Å²) in [6.07, 6.45) is 3.49. The van der Waals surface area contributed by atoms with Crippen LogP contribution in [0.5, 0.6) is 0 Å². The number of benzene rings is 7. The fourth-order valence-corrected chi connectivity index (χ4v) is 7.49. The van der Waals surface area contributed by atoms with Gasteiger partial charge in [0.1, 0.15) is 11.2 Å². The summed E-state index contributed by atoms with van der Waals surface area (Å²) >= 11 is 0. The largest absolute Gasteiger partial charge is 0.455 e. The van der Waals surface area contributed by atoms with Crippen molar-refractivity contribution >= 4 is 49.1 Å². The van der Waals surface area contributed by atoms with Gasteiger partial charge in [0.05, 0.1) is 0 Å². The molecule has 7 aromatic carbocycles. The van der Waals surface area contributed by atoms with Gasteiger partial charge in [-0.3, -0.25) is 0 Å². The minimum atomic E-state index is 0.537. The average Bonchev–Trinajstić information content (AvgIpc) is 3.47. The molecule has 1 atom stereocenters. The van der Waals surface area contributed by atoms with E-state index in [1.165, 1.54) is 60.5 Å². The molecule has 0 spiro atoms. The first-order chi connectivity index (χ1) is 21.8. The molecule has 1 nitrogen and oxygen atoms in total. The summed E-state index contributed by atoms with van der Waals surface area (Å²) in [5, 5.41) is 7.26. The number of rotatable bonds is 3. The van der Waals surface area contributed by atoms with Gasteiger partial charge in [-0.05, 0) is 79.4 Å². The number of furan rings is 1. The van der Waals surface area contributed by atoms with E-state index < -0.39 is 0 Å². The predicted octanol–water partition coefficient (Wildman–Crippen LogP) is 12.2. The second-order valence-corrected chi connectivity index (χ2v) is 12.0. The number of hydrogen-bond donors (Lipinski definition) is 0. The summed E-state index contributed by atoms with van der Waals surface area (Å²) in [5.74, 6) is 0.537. The van der Waals surface area contributed by atoms with Crippen molar-refractivity contribution in [3.05, 3.63) is 162 Å². The van der Waals surface area contributed by atoms with Crippen LogP contribution in [0.1, 0.15) is 36.0 Å². The normalized spacial score (nSPS) is 14.8. The van der Waals surface area contributed by atoms with Crippen LogP contribution in [0.15, 0.2) is 150 Å². The smallest absolute Gasteiger partial charge is 0.143 e. The fraction of sp³-hybridized carbons (Fsp3) is 0.0698. The molecule has 44 heavy (non-hydrogen) atoms. The van der Waals surface area contributed by atoms with E-state index in [-0.39, 0.29) is 0 Å². The van der Waals surface area contributed by atoms with E-state index >= 15 is 0 Å². The summed E-state index contributed by atoms with van der Waals surface area (Å²) in [5.41, 5.74) is 12.1. The second-order valence-electron chi connectivity index (χ2n) is 12.0. The first-order valence-electron chi connectivity index (χ1n) is 15.5. The molecule has 0 bridgehead atoms. The minimum absolute atomic E-state index is 0.537. The minimum Gasteiger partial charge on any atom is -0.455 e. The van der Waals surface area contributed by atoms with E-state index in [0.29, 0.717) is 5.92 Å². The topological polar surface area (TPSA) is 13.1 Å². The van der Waals surface area contributed by atoms with Gasteiger partial charge in [0, 0.05) is 21.9 Å². The first-order valence-corrected chi connectivity index (χ1v) is 15.5. The maximum absolute atomic E-state index is 6.56. The van der Waals surface area contributed by atoms with Gasteiger partial charge in [-0.1, -0.05) is 140 Å². The van der Waals surface area contributed by atoms with Crippen LogP contribution in [0.25, 0.3) is 71.3 Å². The summed E-state index contributed by atoms with van der Waals surface area (Å²) in [4.78, 5) is 0. The average molecular weight is 563 g/mol. The first kappa shape index (κ1) is 25.1. The molecule has 1 aliphatic carbocycles. The number of fused-ring (bicyclic) bond motifs is 6. The molecule has 1 aliphatic rings. The molecular formula is C43H30O. The maximum atomic E-state index is 6.56. The van der Waals surface area contributed by atoms with Crippen LogP contribution >= 0.6 is 0 Å². The van der Waals surface area contributed by atoms with E-state index in [1.807, 2.05) is 6.07 Å². The molecule has 1 heterocycles. The third-order valence-corrected chi connectivity index (χ3v) is 9.52. The van der Waals surface area contributed by atoms with Crippen LogP contribution in [0.3, 0.4) is 0 Å². The summed E-state index contributed by atoms with van der Waals surface area (Å²) < 4.78 is 6.56. The summed E-state index contributed by atoms with van der Waals surface area (Å²) in [6.45, 7) is 2.33. The lowest BCUT2D eigenvalue weighted by atomic mass is 9.80. The van der Waals surface area contributed by atoms with Crippen molar-refractivity contribution in [1.82, 2.24) is 0 Å². The van der Waals surface area contributed by atoms with Gasteiger partial charge in [0.15, 0.2) is 0 Å². The third-order valence-electron chi connectivity index (χ3n) is 9.52. The summed E-state index contributed by atoms with van der Waals surface area (Å²) in [7, 11) is 0. The molecule has 1 aromatic heterocycles. The molecule has 8 aromatic rings. The van der Waals surface area contributed by atoms with E-state index in [9.17, 15) is 0 Å². The van der Waals surface area contributed by atoms with Gasteiger partial charge < -0.3 is 4.42 Å². The Bertz CT molecular complexity index is 2380. The Labute approximate surface area is 256 Å². The molecule has 1 unspecified atom stereocenters. The van der Waals surface area contributed by atoms with Crippen molar-refractivity contribution in [3.63, 3.8) is 0 Å². The molecule has 208 valence electrons. The third kappa shape index (κ3) is 3.72. The number of allylic oxidation sites excluding steroid dienone is 1. The lowest BCUT2D eigenvalue weighted by molar-refractivity contribution is 0.670. The lowest BCUT2D eigenvalue weighted by Crippen LogP contribution is -2.04. The van der Waals surface area contributed by atoms with Gasteiger partial charge in [0.25, 0.3) is 0 Å². The molecule has 0 radical (unpaired) electrons. The molecule has 0 saturated heterocycles. The highest BCUT2D eigenvalue weighted by Crippen LogP contribution is 2.47. The van der Waals surface area contributed by atoms with Crippen LogP contribution in [0, 0.1) is 0 Å². The van der Waals surface area contributed by atoms with Gasteiger partial charge in [-0.2, -0.15) is 0 Å². The molecule has 9 rings (SSSR count). The van der Waals surface area contributed by atoms with Gasteiger partial charge in [0.2, 0.25) is 0 Å². The highest BCUT2D eigenvalue weighted by atomic mass is 16.3. The van der Waals surface area contributed by atoms with E-state index in [1.54, 1.807) is 0 Å². The Hall–Kier alpha value is -5.40. The van der Waals surface area contributed by atoms with Crippen molar-refractivity contribution in [2.45, 2.75) is 19.3 Å². The quantitative estimate of drug-likeness (QED) is 0.195. The highest BCUT2D eigenvalue weighted by Gasteiger charge is 2.22. The highest BCUT2D eigenvalue weighted by molar-refractivity contribution is 6.24. The second kappa shape index (κ2) is 9.82. The predicted molar refractivity (Wildman–Crippen MR) is 186 cm³/mol. The van der Waals surface area contributed by atoms with Gasteiger partial charge in [-0.25, -0.2) is 0 Å². The Kier molecular flexibility index (Phi) is 5.61. The van der Waals surface area contributed by atoms with Crippen molar-refractivity contribution in [3.8, 4) is 22.3 Å². The van der Waals surface area contributed by atoms with Crippen LogP contribution in [-0.4, -0.2) is 0 Å². The van der Waals surface area contributed by atoms with Crippen molar-refractivity contribution in [2.75, 3.05) is 0 Å². The van der Waals surface area contributed by atoms with Crippen LogP contribution in [0.4, 0.5) is 0 Å². The lowest BCUT2D eigenvalue weighted by Gasteiger charge is -2.24. The molecule has 1 heteroatoms. The van der Waals surface area contributed by atoms with E-state index in [2.05, 4.69) is 146 Å². The molecule has 0 fully saturated rings. The van der Waals surface area contributed by atoms with Gasteiger partial charge >= 0.3 is 0 Å². The molecule has 0 amide bonds. The summed E-state index contributed by atoms with van der Waals surface area (Å²) in [6, 6.07) is 50.7. The van der Waals surface area contributed by atoms with E-state index in [4.69, 9.17) is 4.42 Å². The van der Waals surface area contributed by atoms with Crippen molar-refractivity contribution in [1.29, 1.82) is 0 Å². The Morgan fingerprint density at radius 2 is 1.07 bits per heavy atom. The number of para-hydroxylation sites is 2. The zero-order valence-electron chi connectivity index (χ0n) is 24.5. The Balaban J connectivity index is 1.32. The van der Waals surface area contributed by atoms with Crippen LogP contribution in [0.2, 0.25) is 0 Å². The molecule has 0 saturated carbocycles. The zero-order chi connectivity index (χ0) is 29.2. The fourth-order valence-electron chi connectivity index (χ4n) is 7.49. The molecule has 0 aliphatic heterocycles.